The van der Waals surface area contributed by atoms with Crippen LogP contribution in [0.25, 0.3) is 0 Å². The van der Waals surface area contributed by atoms with Crippen molar-refractivity contribution in [3.63, 3.8) is 0 Å². The predicted molar refractivity (Wildman–Crippen MR) is 75.3 cm³/mol. The van der Waals surface area contributed by atoms with Gasteiger partial charge in [0.2, 0.25) is 0 Å². The van der Waals surface area contributed by atoms with Gasteiger partial charge in [0.25, 0.3) is 5.91 Å². The number of amides is 1. The van der Waals surface area contributed by atoms with E-state index in [0.29, 0.717) is 5.75 Å². The number of methoxy groups -OCH3 is 1. The molecule has 1 aromatic rings. The first kappa shape index (κ1) is 14.8. The summed E-state index contributed by atoms with van der Waals surface area (Å²) in [6.45, 7) is 0. The number of halogens is 1. The zero-order chi connectivity index (χ0) is 14.7. The van der Waals surface area contributed by atoms with E-state index in [4.69, 9.17) is 10.5 Å². The van der Waals surface area contributed by atoms with Crippen LogP contribution in [-0.4, -0.2) is 37.0 Å². The number of carbonyl (C=O) groups is 1. The molecule has 1 aliphatic carbocycles. The molecule has 0 heterocycles. The first-order valence-corrected chi connectivity index (χ1v) is 6.89. The van der Waals surface area contributed by atoms with Crippen molar-refractivity contribution in [1.82, 2.24) is 4.90 Å². The van der Waals surface area contributed by atoms with Gasteiger partial charge < -0.3 is 15.4 Å². The topological polar surface area (TPSA) is 55.6 Å². The third kappa shape index (κ3) is 3.10. The second-order valence-electron chi connectivity index (χ2n) is 5.33. The number of nitrogens with two attached hydrogens (primary N) is 1. The normalized spacial score (nSPS) is 22.4. The van der Waals surface area contributed by atoms with Crippen LogP contribution < -0.4 is 10.5 Å². The Morgan fingerprint density at radius 2 is 2.00 bits per heavy atom. The van der Waals surface area contributed by atoms with Crippen molar-refractivity contribution in [2.24, 2.45) is 5.73 Å². The largest absolute Gasteiger partial charge is 0.497 e. The van der Waals surface area contributed by atoms with Crippen LogP contribution >= 0.6 is 0 Å². The van der Waals surface area contributed by atoms with Gasteiger partial charge in [0.05, 0.1) is 12.7 Å². The number of nitrogens with zero attached hydrogens (tertiary/aromatic N) is 1. The fourth-order valence-corrected chi connectivity index (χ4v) is 2.64. The van der Waals surface area contributed by atoms with E-state index in [2.05, 4.69) is 0 Å². The fourth-order valence-electron chi connectivity index (χ4n) is 2.64. The van der Waals surface area contributed by atoms with Gasteiger partial charge in [-0.1, -0.05) is 0 Å². The first-order valence-electron chi connectivity index (χ1n) is 6.89. The lowest BCUT2D eigenvalue weighted by atomic mass is 9.90. The Labute approximate surface area is 118 Å². The van der Waals surface area contributed by atoms with Crippen molar-refractivity contribution in [3.8, 4) is 5.75 Å². The van der Waals surface area contributed by atoms with Crippen LogP contribution in [0.4, 0.5) is 4.39 Å². The Kier molecular flexibility index (Phi) is 4.60. The highest BCUT2D eigenvalue weighted by molar-refractivity contribution is 5.94. The molecule has 110 valence electrons. The molecular formula is C15H21FN2O2. The standard InChI is InChI=1S/C15H21FN2O2/c1-18(11-5-3-10(17)4-6-11)15(19)13-8-7-12(20-2)9-14(13)16/h7-11H,3-6,17H2,1-2H3. The van der Waals surface area contributed by atoms with Crippen LogP contribution in [0.2, 0.25) is 0 Å². The summed E-state index contributed by atoms with van der Waals surface area (Å²) in [6, 6.07) is 4.68. The summed E-state index contributed by atoms with van der Waals surface area (Å²) < 4.78 is 18.9. The van der Waals surface area contributed by atoms with Crippen LogP contribution in [0.3, 0.4) is 0 Å². The minimum Gasteiger partial charge on any atom is -0.497 e. The summed E-state index contributed by atoms with van der Waals surface area (Å²) in [6.07, 6.45) is 3.57. The van der Waals surface area contributed by atoms with Crippen molar-refractivity contribution in [2.45, 2.75) is 37.8 Å². The summed E-state index contributed by atoms with van der Waals surface area (Å²) in [5, 5.41) is 0. The third-order valence-electron chi connectivity index (χ3n) is 4.02. The van der Waals surface area contributed by atoms with E-state index >= 15 is 0 Å². The van der Waals surface area contributed by atoms with Crippen molar-refractivity contribution >= 4 is 5.91 Å². The molecule has 0 saturated heterocycles. The Bertz CT molecular complexity index is 485. The van der Waals surface area contributed by atoms with Gasteiger partial charge >= 0.3 is 0 Å². The number of rotatable bonds is 3. The molecule has 0 aromatic heterocycles. The summed E-state index contributed by atoms with van der Waals surface area (Å²) >= 11 is 0. The zero-order valence-corrected chi connectivity index (χ0v) is 11.9. The van der Waals surface area contributed by atoms with Crippen molar-refractivity contribution in [1.29, 1.82) is 0 Å². The molecule has 2 rings (SSSR count). The van der Waals surface area contributed by atoms with Gasteiger partial charge in [0, 0.05) is 25.2 Å². The summed E-state index contributed by atoms with van der Waals surface area (Å²) in [5.41, 5.74) is 5.95. The number of ether oxygens (including phenoxy) is 1. The summed E-state index contributed by atoms with van der Waals surface area (Å²) in [5.74, 6) is -0.426. The van der Waals surface area contributed by atoms with Crippen molar-refractivity contribution < 1.29 is 13.9 Å². The highest BCUT2D eigenvalue weighted by Crippen LogP contribution is 2.24. The Hall–Kier alpha value is -1.62. The molecular weight excluding hydrogens is 259 g/mol. The number of benzene rings is 1. The van der Waals surface area contributed by atoms with E-state index in [1.807, 2.05) is 0 Å². The van der Waals surface area contributed by atoms with E-state index in [-0.39, 0.29) is 23.6 Å². The van der Waals surface area contributed by atoms with Gasteiger partial charge in [0.1, 0.15) is 11.6 Å². The lowest BCUT2D eigenvalue weighted by Gasteiger charge is -2.33. The quantitative estimate of drug-likeness (QED) is 0.923. The maximum atomic E-state index is 13.9. The van der Waals surface area contributed by atoms with Gasteiger partial charge in [-0.2, -0.15) is 0 Å². The third-order valence-corrected chi connectivity index (χ3v) is 4.02. The van der Waals surface area contributed by atoms with E-state index in [0.717, 1.165) is 25.7 Å². The molecule has 0 radical (unpaired) electrons. The van der Waals surface area contributed by atoms with Crippen molar-refractivity contribution in [3.05, 3.63) is 29.6 Å². The van der Waals surface area contributed by atoms with E-state index < -0.39 is 5.82 Å². The lowest BCUT2D eigenvalue weighted by Crippen LogP contribution is -2.42. The molecule has 1 aromatic carbocycles. The molecule has 0 unspecified atom stereocenters. The molecule has 1 amide bonds. The maximum absolute atomic E-state index is 13.9. The molecule has 1 fully saturated rings. The molecule has 1 aliphatic rings. The van der Waals surface area contributed by atoms with Gasteiger partial charge in [-0.15, -0.1) is 0 Å². The van der Waals surface area contributed by atoms with Gasteiger partial charge in [0.15, 0.2) is 0 Å². The number of hydrogen-bond acceptors (Lipinski definition) is 3. The minimum atomic E-state index is -0.547. The summed E-state index contributed by atoms with van der Waals surface area (Å²) in [7, 11) is 3.20. The van der Waals surface area contributed by atoms with E-state index in [1.54, 1.807) is 18.0 Å². The maximum Gasteiger partial charge on any atom is 0.256 e. The van der Waals surface area contributed by atoms with Crippen LogP contribution in [0.5, 0.6) is 5.75 Å². The summed E-state index contributed by atoms with van der Waals surface area (Å²) in [4.78, 5) is 14.0. The average molecular weight is 280 g/mol. The monoisotopic (exact) mass is 280 g/mol. The zero-order valence-electron chi connectivity index (χ0n) is 11.9. The fraction of sp³-hybridized carbons (Fsp3) is 0.533. The first-order chi connectivity index (χ1) is 9.52. The van der Waals surface area contributed by atoms with Crippen LogP contribution in [-0.2, 0) is 0 Å². The van der Waals surface area contributed by atoms with Crippen molar-refractivity contribution in [2.75, 3.05) is 14.2 Å². The van der Waals surface area contributed by atoms with Crippen LogP contribution in [0.1, 0.15) is 36.0 Å². The molecule has 2 N–H and O–H groups in total. The SMILES string of the molecule is COc1ccc(C(=O)N(C)C2CCC(N)CC2)c(F)c1. The highest BCUT2D eigenvalue weighted by Gasteiger charge is 2.27. The second-order valence-corrected chi connectivity index (χ2v) is 5.33. The van der Waals surface area contributed by atoms with Crippen LogP contribution in [0.15, 0.2) is 18.2 Å². The molecule has 0 bridgehead atoms. The van der Waals surface area contributed by atoms with Gasteiger partial charge in [-0.25, -0.2) is 4.39 Å². The molecule has 4 nitrogen and oxygen atoms in total. The Morgan fingerprint density at radius 1 is 1.35 bits per heavy atom. The lowest BCUT2D eigenvalue weighted by molar-refractivity contribution is 0.0685. The molecule has 20 heavy (non-hydrogen) atoms. The second kappa shape index (κ2) is 6.22. The molecule has 0 atom stereocenters. The van der Waals surface area contributed by atoms with Gasteiger partial charge in [-0.3, -0.25) is 4.79 Å². The Morgan fingerprint density at radius 3 is 2.55 bits per heavy atom. The van der Waals surface area contributed by atoms with E-state index in [1.165, 1.54) is 19.2 Å². The minimum absolute atomic E-state index is 0.0863. The molecule has 0 spiro atoms. The average Bonchev–Trinajstić information content (AvgIpc) is 2.46. The predicted octanol–water partition coefficient (Wildman–Crippen LogP) is 2.18. The number of hydrogen-bond donors (Lipinski definition) is 1. The molecule has 1 saturated carbocycles. The van der Waals surface area contributed by atoms with Gasteiger partial charge in [-0.05, 0) is 37.8 Å². The Balaban J connectivity index is 2.10. The van der Waals surface area contributed by atoms with Crippen LogP contribution in [0, 0.1) is 5.82 Å². The van der Waals surface area contributed by atoms with E-state index in [9.17, 15) is 9.18 Å². The molecule has 5 heteroatoms. The highest BCUT2D eigenvalue weighted by atomic mass is 19.1. The number of carbonyl (C=O) groups excluding carboxylic acids is 1. The smallest absolute Gasteiger partial charge is 0.256 e. The molecule has 0 aliphatic heterocycles.